The Morgan fingerprint density at radius 3 is 2.88 bits per heavy atom. The Bertz CT molecular complexity index is 576. The molecular formula is C11H13ClN4O. The third-order valence-corrected chi connectivity index (χ3v) is 3.05. The van der Waals surface area contributed by atoms with E-state index in [9.17, 15) is 4.79 Å². The van der Waals surface area contributed by atoms with E-state index in [1.54, 1.807) is 36.9 Å². The summed E-state index contributed by atoms with van der Waals surface area (Å²) in [7, 11) is 0. The van der Waals surface area contributed by atoms with E-state index in [2.05, 4.69) is 9.97 Å². The molecule has 2 heterocycles. The van der Waals surface area contributed by atoms with Crippen LogP contribution in [-0.4, -0.2) is 20.4 Å². The summed E-state index contributed by atoms with van der Waals surface area (Å²) in [5.41, 5.74) is 6.07. The fourth-order valence-electron chi connectivity index (χ4n) is 1.81. The van der Waals surface area contributed by atoms with Crippen LogP contribution in [0.3, 0.4) is 0 Å². The summed E-state index contributed by atoms with van der Waals surface area (Å²) in [6.07, 6.45) is 3.29. The molecule has 0 bridgehead atoms. The summed E-state index contributed by atoms with van der Waals surface area (Å²) >= 11 is 5.86. The second-order valence-electron chi connectivity index (χ2n) is 4.28. The van der Waals surface area contributed by atoms with Crippen molar-refractivity contribution >= 4 is 28.5 Å². The molecule has 0 aliphatic heterocycles. The second kappa shape index (κ2) is 4.00. The summed E-state index contributed by atoms with van der Waals surface area (Å²) in [4.78, 5) is 19.9. The first-order valence-corrected chi connectivity index (χ1v) is 5.69. The highest BCUT2D eigenvalue weighted by Crippen LogP contribution is 2.25. The third-order valence-electron chi connectivity index (χ3n) is 2.81. The van der Waals surface area contributed by atoms with Crippen molar-refractivity contribution in [2.75, 3.05) is 0 Å². The summed E-state index contributed by atoms with van der Waals surface area (Å²) < 4.78 is 1.76. The lowest BCUT2D eigenvalue weighted by atomic mass is 10.0. The zero-order valence-electron chi connectivity index (χ0n) is 9.64. The minimum atomic E-state index is -0.875. The molecule has 17 heavy (non-hydrogen) atoms. The van der Waals surface area contributed by atoms with Gasteiger partial charge in [0, 0.05) is 6.20 Å². The lowest BCUT2D eigenvalue weighted by molar-refractivity contribution is -0.125. The van der Waals surface area contributed by atoms with Gasteiger partial charge in [0.15, 0.2) is 0 Å². The van der Waals surface area contributed by atoms with Crippen LogP contribution < -0.4 is 5.73 Å². The van der Waals surface area contributed by atoms with Gasteiger partial charge in [-0.3, -0.25) is 9.78 Å². The van der Waals surface area contributed by atoms with Crippen molar-refractivity contribution in [2.24, 2.45) is 5.73 Å². The summed E-state index contributed by atoms with van der Waals surface area (Å²) in [6, 6.07) is 1.79. The molecule has 2 rings (SSSR count). The number of pyridine rings is 1. The Morgan fingerprint density at radius 2 is 2.29 bits per heavy atom. The van der Waals surface area contributed by atoms with E-state index in [0.29, 0.717) is 11.3 Å². The Labute approximate surface area is 104 Å². The molecule has 2 aromatic rings. The van der Waals surface area contributed by atoms with Gasteiger partial charge in [-0.1, -0.05) is 0 Å². The molecule has 0 fully saturated rings. The van der Waals surface area contributed by atoms with Gasteiger partial charge in [0.25, 0.3) is 0 Å². The molecule has 2 N–H and O–H groups in total. The van der Waals surface area contributed by atoms with Crippen LogP contribution in [0, 0.1) is 0 Å². The molecule has 90 valence electrons. The van der Waals surface area contributed by atoms with Crippen molar-refractivity contribution in [2.45, 2.75) is 25.3 Å². The monoisotopic (exact) mass is 252 g/mol. The van der Waals surface area contributed by atoms with Crippen LogP contribution in [0.4, 0.5) is 0 Å². The maximum Gasteiger partial charge on any atom is 0.243 e. The fourth-order valence-corrected chi connectivity index (χ4v) is 1.98. The molecular weight excluding hydrogens is 240 g/mol. The molecule has 0 aromatic carbocycles. The van der Waals surface area contributed by atoms with Crippen LogP contribution >= 0.6 is 11.6 Å². The number of carbonyl (C=O) groups is 1. The highest BCUT2D eigenvalue weighted by molar-refractivity contribution is 6.17. The number of hydrogen-bond donors (Lipinski definition) is 1. The number of halogens is 1. The average Bonchev–Trinajstić information content (AvgIpc) is 2.67. The molecule has 0 saturated heterocycles. The SMILES string of the molecule is CC(C)(C(N)=O)n1c(CCl)nc2cnccc21. The van der Waals surface area contributed by atoms with Crippen LogP contribution in [0.25, 0.3) is 11.0 Å². The molecule has 0 aliphatic carbocycles. The molecule has 0 atom stereocenters. The van der Waals surface area contributed by atoms with Gasteiger partial charge >= 0.3 is 0 Å². The normalized spacial score (nSPS) is 11.9. The van der Waals surface area contributed by atoms with Crippen molar-refractivity contribution in [3.8, 4) is 0 Å². The summed E-state index contributed by atoms with van der Waals surface area (Å²) in [5.74, 6) is 0.393. The number of fused-ring (bicyclic) bond motifs is 1. The summed E-state index contributed by atoms with van der Waals surface area (Å²) in [6.45, 7) is 3.49. The van der Waals surface area contributed by atoms with Crippen LogP contribution in [0.2, 0.25) is 0 Å². The van der Waals surface area contributed by atoms with Crippen molar-refractivity contribution in [1.82, 2.24) is 14.5 Å². The molecule has 5 nitrogen and oxygen atoms in total. The largest absolute Gasteiger partial charge is 0.368 e. The number of nitrogens with zero attached hydrogens (tertiary/aromatic N) is 3. The number of rotatable bonds is 3. The summed E-state index contributed by atoms with van der Waals surface area (Å²) in [5, 5.41) is 0. The fraction of sp³-hybridized carbons (Fsp3) is 0.364. The van der Waals surface area contributed by atoms with Gasteiger partial charge in [-0.2, -0.15) is 0 Å². The number of carbonyl (C=O) groups excluding carboxylic acids is 1. The smallest absolute Gasteiger partial charge is 0.243 e. The number of imidazole rings is 1. The minimum absolute atomic E-state index is 0.214. The predicted molar refractivity (Wildman–Crippen MR) is 65.6 cm³/mol. The Balaban J connectivity index is 2.78. The topological polar surface area (TPSA) is 73.8 Å². The van der Waals surface area contributed by atoms with Gasteiger partial charge < -0.3 is 10.3 Å². The number of primary amides is 1. The number of nitrogens with two attached hydrogens (primary N) is 1. The quantitative estimate of drug-likeness (QED) is 0.839. The minimum Gasteiger partial charge on any atom is -0.368 e. The van der Waals surface area contributed by atoms with Gasteiger partial charge in [-0.05, 0) is 19.9 Å². The van der Waals surface area contributed by atoms with Gasteiger partial charge in [0.2, 0.25) is 5.91 Å². The van der Waals surface area contributed by atoms with Gasteiger partial charge in [-0.25, -0.2) is 4.98 Å². The second-order valence-corrected chi connectivity index (χ2v) is 4.55. The van der Waals surface area contributed by atoms with E-state index in [0.717, 1.165) is 5.52 Å². The van der Waals surface area contributed by atoms with Crippen LogP contribution in [0.1, 0.15) is 19.7 Å². The highest BCUT2D eigenvalue weighted by atomic mass is 35.5. The Morgan fingerprint density at radius 1 is 1.59 bits per heavy atom. The van der Waals surface area contributed by atoms with Crippen molar-refractivity contribution in [3.05, 3.63) is 24.3 Å². The van der Waals surface area contributed by atoms with Crippen LogP contribution in [-0.2, 0) is 16.2 Å². The van der Waals surface area contributed by atoms with E-state index in [1.807, 2.05) is 0 Å². The maximum atomic E-state index is 11.5. The van der Waals surface area contributed by atoms with Gasteiger partial charge in [0.05, 0.1) is 17.6 Å². The van der Waals surface area contributed by atoms with E-state index in [-0.39, 0.29) is 5.88 Å². The number of aromatic nitrogens is 3. The van der Waals surface area contributed by atoms with Crippen molar-refractivity contribution in [1.29, 1.82) is 0 Å². The lowest BCUT2D eigenvalue weighted by Gasteiger charge is -2.25. The first kappa shape index (κ1) is 11.9. The molecule has 6 heteroatoms. The molecule has 0 radical (unpaired) electrons. The predicted octanol–water partition coefficient (Wildman–Crippen LogP) is 1.39. The lowest BCUT2D eigenvalue weighted by Crippen LogP contribution is -2.41. The number of alkyl halides is 1. The molecule has 0 spiro atoms. The number of hydrogen-bond acceptors (Lipinski definition) is 3. The molecule has 2 aromatic heterocycles. The first-order valence-electron chi connectivity index (χ1n) is 5.16. The van der Waals surface area contributed by atoms with Crippen molar-refractivity contribution < 1.29 is 4.79 Å². The average molecular weight is 253 g/mol. The zero-order valence-corrected chi connectivity index (χ0v) is 10.4. The highest BCUT2D eigenvalue weighted by Gasteiger charge is 2.31. The van der Waals surface area contributed by atoms with Crippen LogP contribution in [0.15, 0.2) is 18.5 Å². The molecule has 0 saturated carbocycles. The van der Waals surface area contributed by atoms with E-state index in [4.69, 9.17) is 17.3 Å². The Kier molecular flexibility index (Phi) is 2.79. The molecule has 0 aliphatic rings. The first-order chi connectivity index (χ1) is 7.98. The van der Waals surface area contributed by atoms with E-state index < -0.39 is 11.4 Å². The number of amides is 1. The standard InChI is InChI=1S/C11H13ClN4O/c1-11(2,10(13)17)16-8-3-4-14-6-7(8)15-9(16)5-12/h3-4,6H,5H2,1-2H3,(H2,13,17). The molecule has 1 amide bonds. The van der Waals surface area contributed by atoms with E-state index in [1.165, 1.54) is 0 Å². The van der Waals surface area contributed by atoms with E-state index >= 15 is 0 Å². The van der Waals surface area contributed by atoms with Crippen LogP contribution in [0.5, 0.6) is 0 Å². The maximum absolute atomic E-state index is 11.5. The van der Waals surface area contributed by atoms with Gasteiger partial charge in [-0.15, -0.1) is 11.6 Å². The van der Waals surface area contributed by atoms with Crippen molar-refractivity contribution in [3.63, 3.8) is 0 Å². The molecule has 0 unspecified atom stereocenters. The third kappa shape index (κ3) is 1.76. The Hall–Kier alpha value is -1.62. The zero-order chi connectivity index (χ0) is 12.6. The van der Waals surface area contributed by atoms with Gasteiger partial charge in [0.1, 0.15) is 16.9 Å².